The van der Waals surface area contributed by atoms with Crippen LogP contribution in [0.3, 0.4) is 0 Å². The van der Waals surface area contributed by atoms with E-state index in [1.807, 2.05) is 24.0 Å². The van der Waals surface area contributed by atoms with Crippen LogP contribution in [0.1, 0.15) is 47.7 Å². The van der Waals surface area contributed by atoms with E-state index in [4.69, 9.17) is 0 Å². The Balaban J connectivity index is 0.00000256. The summed E-state index contributed by atoms with van der Waals surface area (Å²) in [5, 5.41) is 2.77. The summed E-state index contributed by atoms with van der Waals surface area (Å²) in [6.45, 7) is 6.20. The summed E-state index contributed by atoms with van der Waals surface area (Å²) in [5.41, 5.74) is 2.74. The van der Waals surface area contributed by atoms with E-state index >= 15 is 0 Å². The van der Waals surface area contributed by atoms with Gasteiger partial charge in [0.2, 0.25) is 5.91 Å². The molecule has 0 spiro atoms. The fourth-order valence-electron chi connectivity index (χ4n) is 3.87. The van der Waals surface area contributed by atoms with E-state index in [9.17, 15) is 9.59 Å². The number of nitrogens with zero attached hydrogens (tertiary/aromatic N) is 3. The van der Waals surface area contributed by atoms with Gasteiger partial charge in [0.25, 0.3) is 5.91 Å². The molecule has 0 atom stereocenters. The highest BCUT2D eigenvalue weighted by Gasteiger charge is 2.26. The van der Waals surface area contributed by atoms with Crippen LogP contribution in [-0.4, -0.2) is 59.3 Å². The van der Waals surface area contributed by atoms with Gasteiger partial charge in [0.05, 0.1) is 5.56 Å². The number of carbonyl (C=O) groups excluding carboxylic acids is 2. The molecule has 0 radical (unpaired) electrons. The van der Waals surface area contributed by atoms with Crippen LogP contribution in [0.4, 0.5) is 5.82 Å². The number of likely N-dealkylation sites (tertiary alicyclic amines) is 1. The van der Waals surface area contributed by atoms with Crippen LogP contribution >= 0.6 is 24.8 Å². The molecule has 2 amide bonds. The zero-order valence-corrected chi connectivity index (χ0v) is 20.7. The van der Waals surface area contributed by atoms with Crippen molar-refractivity contribution in [1.29, 1.82) is 0 Å². The van der Waals surface area contributed by atoms with Gasteiger partial charge < -0.3 is 15.1 Å². The number of pyridine rings is 1. The summed E-state index contributed by atoms with van der Waals surface area (Å²) in [4.78, 5) is 33.1. The standard InChI is InChI=1S/C24H32N4O2.2ClH/c1-4-22(29)26-23-18(2)16-20(17-25-23)24(30)28-14-11-21(12-15-28)27(3)13-10-19-8-6-5-7-9-19;;/h5-9,16-17,21H,4,10-15H2,1-3H3,(H,25,26,29);2*1H. The highest BCUT2D eigenvalue weighted by Crippen LogP contribution is 2.20. The Morgan fingerprint density at radius 1 is 1.16 bits per heavy atom. The van der Waals surface area contributed by atoms with Gasteiger partial charge in [-0.25, -0.2) is 4.98 Å². The molecule has 2 aromatic rings. The molecule has 176 valence electrons. The molecule has 1 N–H and O–H groups in total. The predicted molar refractivity (Wildman–Crippen MR) is 134 cm³/mol. The molecule has 1 fully saturated rings. The van der Waals surface area contributed by atoms with Crippen LogP contribution in [0.5, 0.6) is 0 Å². The number of anilines is 1. The number of hydrogen-bond donors (Lipinski definition) is 1. The normalized spacial score (nSPS) is 13.8. The molecule has 32 heavy (non-hydrogen) atoms. The number of rotatable bonds is 7. The van der Waals surface area contributed by atoms with Gasteiger partial charge in [-0.3, -0.25) is 9.59 Å². The summed E-state index contributed by atoms with van der Waals surface area (Å²) < 4.78 is 0. The van der Waals surface area contributed by atoms with Crippen molar-refractivity contribution in [1.82, 2.24) is 14.8 Å². The lowest BCUT2D eigenvalue weighted by atomic mass is 10.0. The molecule has 0 unspecified atom stereocenters. The van der Waals surface area contributed by atoms with E-state index in [2.05, 4.69) is 46.5 Å². The maximum atomic E-state index is 12.9. The topological polar surface area (TPSA) is 65.5 Å². The number of likely N-dealkylation sites (N-methyl/N-ethyl adjacent to an activating group) is 1. The number of benzene rings is 1. The van der Waals surface area contributed by atoms with Crippen molar-refractivity contribution in [2.75, 3.05) is 32.0 Å². The van der Waals surface area contributed by atoms with Crippen molar-refractivity contribution in [3.8, 4) is 0 Å². The molecule has 0 aliphatic carbocycles. The monoisotopic (exact) mass is 480 g/mol. The first kappa shape index (κ1) is 27.9. The summed E-state index contributed by atoms with van der Waals surface area (Å²) in [7, 11) is 2.18. The number of nitrogens with one attached hydrogen (secondary N) is 1. The van der Waals surface area contributed by atoms with Crippen molar-refractivity contribution < 1.29 is 9.59 Å². The third kappa shape index (κ3) is 7.47. The van der Waals surface area contributed by atoms with Crippen LogP contribution < -0.4 is 5.32 Å². The highest BCUT2D eigenvalue weighted by atomic mass is 35.5. The van der Waals surface area contributed by atoms with Crippen LogP contribution in [-0.2, 0) is 11.2 Å². The molecule has 1 aromatic carbocycles. The minimum absolute atomic E-state index is 0. The van der Waals surface area contributed by atoms with E-state index in [-0.39, 0.29) is 36.6 Å². The second-order valence-electron chi connectivity index (χ2n) is 8.03. The van der Waals surface area contributed by atoms with Crippen LogP contribution in [0.2, 0.25) is 0 Å². The number of halogens is 2. The Hall–Kier alpha value is -2.15. The van der Waals surface area contributed by atoms with Gasteiger partial charge in [0.1, 0.15) is 5.82 Å². The zero-order chi connectivity index (χ0) is 21.5. The molecule has 6 nitrogen and oxygen atoms in total. The van der Waals surface area contributed by atoms with Crippen LogP contribution in [0, 0.1) is 6.92 Å². The molecule has 1 aliphatic heterocycles. The predicted octanol–water partition coefficient (Wildman–Crippen LogP) is 4.36. The highest BCUT2D eigenvalue weighted by molar-refractivity contribution is 5.95. The van der Waals surface area contributed by atoms with Crippen molar-refractivity contribution >= 4 is 42.4 Å². The second-order valence-corrected chi connectivity index (χ2v) is 8.03. The minimum Gasteiger partial charge on any atom is -0.338 e. The first-order chi connectivity index (χ1) is 14.5. The van der Waals surface area contributed by atoms with E-state index in [1.54, 1.807) is 13.1 Å². The molecule has 8 heteroatoms. The van der Waals surface area contributed by atoms with E-state index in [1.165, 1.54) is 5.56 Å². The largest absolute Gasteiger partial charge is 0.338 e. The maximum Gasteiger partial charge on any atom is 0.255 e. The summed E-state index contributed by atoms with van der Waals surface area (Å²) >= 11 is 0. The van der Waals surface area contributed by atoms with E-state index < -0.39 is 0 Å². The molecule has 2 heterocycles. The average molecular weight is 481 g/mol. The molecule has 0 bridgehead atoms. The van der Waals surface area contributed by atoms with Gasteiger partial charge in [-0.2, -0.15) is 0 Å². The Morgan fingerprint density at radius 3 is 2.41 bits per heavy atom. The lowest BCUT2D eigenvalue weighted by Crippen LogP contribution is -2.46. The van der Waals surface area contributed by atoms with Crippen molar-refractivity contribution in [3.63, 3.8) is 0 Å². The van der Waals surface area contributed by atoms with Crippen molar-refractivity contribution in [2.45, 2.75) is 45.6 Å². The van der Waals surface area contributed by atoms with Gasteiger partial charge in [0, 0.05) is 38.3 Å². The van der Waals surface area contributed by atoms with Gasteiger partial charge in [0.15, 0.2) is 0 Å². The number of piperidine rings is 1. The molecule has 1 aliphatic rings. The average Bonchev–Trinajstić information content (AvgIpc) is 2.79. The first-order valence-corrected chi connectivity index (χ1v) is 10.8. The molecular weight excluding hydrogens is 447 g/mol. The third-order valence-electron chi connectivity index (χ3n) is 5.88. The van der Waals surface area contributed by atoms with E-state index in [0.717, 1.165) is 44.5 Å². The number of hydrogen-bond acceptors (Lipinski definition) is 4. The Labute approximate surface area is 203 Å². The first-order valence-electron chi connectivity index (χ1n) is 10.8. The number of amides is 2. The SMILES string of the molecule is CCC(=O)Nc1ncc(C(=O)N2CCC(N(C)CCc3ccccc3)CC2)cc1C.Cl.Cl. The van der Waals surface area contributed by atoms with E-state index in [0.29, 0.717) is 23.8 Å². The molecule has 1 saturated heterocycles. The zero-order valence-electron chi connectivity index (χ0n) is 19.0. The Morgan fingerprint density at radius 2 is 1.81 bits per heavy atom. The quantitative estimate of drug-likeness (QED) is 0.638. The number of carbonyl (C=O) groups is 2. The number of aryl methyl sites for hydroxylation is 1. The Bertz CT molecular complexity index is 872. The lowest BCUT2D eigenvalue weighted by molar-refractivity contribution is -0.115. The summed E-state index contributed by atoms with van der Waals surface area (Å²) in [6, 6.07) is 12.9. The molecule has 0 saturated carbocycles. The van der Waals surface area contributed by atoms with Crippen molar-refractivity contribution in [3.05, 3.63) is 59.3 Å². The molecule has 1 aromatic heterocycles. The van der Waals surface area contributed by atoms with Crippen molar-refractivity contribution in [2.24, 2.45) is 0 Å². The second kappa shape index (κ2) is 13.4. The molecule has 3 rings (SSSR count). The minimum atomic E-state index is -0.0804. The summed E-state index contributed by atoms with van der Waals surface area (Å²) in [5.74, 6) is 0.463. The maximum absolute atomic E-state index is 12.9. The van der Waals surface area contributed by atoms with Gasteiger partial charge >= 0.3 is 0 Å². The van der Waals surface area contributed by atoms with Gasteiger partial charge in [-0.1, -0.05) is 37.3 Å². The summed E-state index contributed by atoms with van der Waals surface area (Å²) in [6.07, 6.45) is 4.97. The Kier molecular flexibility index (Phi) is 11.7. The van der Waals surface area contributed by atoms with Crippen LogP contribution in [0.15, 0.2) is 42.6 Å². The van der Waals surface area contributed by atoms with Gasteiger partial charge in [-0.05, 0) is 50.4 Å². The third-order valence-corrected chi connectivity index (χ3v) is 5.88. The number of aromatic nitrogens is 1. The smallest absolute Gasteiger partial charge is 0.255 e. The fourth-order valence-corrected chi connectivity index (χ4v) is 3.87. The lowest BCUT2D eigenvalue weighted by Gasteiger charge is -2.37. The molecular formula is C24H34Cl2N4O2. The van der Waals surface area contributed by atoms with Crippen LogP contribution in [0.25, 0.3) is 0 Å². The fraction of sp³-hybridized carbons (Fsp3) is 0.458. The van der Waals surface area contributed by atoms with Gasteiger partial charge in [-0.15, -0.1) is 24.8 Å².